The molecule has 0 aliphatic rings. The van der Waals surface area contributed by atoms with Crippen LogP contribution in [-0.2, 0) is 11.3 Å². The van der Waals surface area contributed by atoms with Gasteiger partial charge < -0.3 is 15.0 Å². The molecule has 0 aromatic carbocycles. The first kappa shape index (κ1) is 18.2. The first-order chi connectivity index (χ1) is 10.1. The largest absolute Gasteiger partial charge is 0.383 e. The highest BCUT2D eigenvalue weighted by Gasteiger charge is 2.15. The predicted octanol–water partition coefficient (Wildman–Crippen LogP) is 3.49. The fourth-order valence-corrected chi connectivity index (χ4v) is 2.30. The Morgan fingerprint density at radius 3 is 2.81 bits per heavy atom. The van der Waals surface area contributed by atoms with E-state index in [0.29, 0.717) is 12.6 Å². The van der Waals surface area contributed by atoms with E-state index >= 15 is 0 Å². The topological polar surface area (TPSA) is 37.4 Å². The molecule has 0 radical (unpaired) electrons. The van der Waals surface area contributed by atoms with Gasteiger partial charge in [-0.25, -0.2) is 4.98 Å². The summed E-state index contributed by atoms with van der Waals surface area (Å²) in [6.07, 6.45) is 3.93. The third kappa shape index (κ3) is 5.81. The maximum absolute atomic E-state index is 6.25. The standard InChI is InChI=1S/C16H28ClN3O/c1-5-7-18-11-14-10-16(19-12-15(14)17)20(8-9-21-4)13(3)6-2/h10,12-13,18H,5-9,11H2,1-4H3. The van der Waals surface area contributed by atoms with E-state index in [1.165, 1.54) is 0 Å². The van der Waals surface area contributed by atoms with Gasteiger partial charge in [-0.2, -0.15) is 0 Å². The Labute approximate surface area is 133 Å². The molecule has 120 valence electrons. The summed E-state index contributed by atoms with van der Waals surface area (Å²) >= 11 is 6.25. The lowest BCUT2D eigenvalue weighted by atomic mass is 10.2. The van der Waals surface area contributed by atoms with Crippen LogP contribution in [0.15, 0.2) is 12.3 Å². The molecule has 5 heteroatoms. The van der Waals surface area contributed by atoms with Crippen LogP contribution in [0.25, 0.3) is 0 Å². The van der Waals surface area contributed by atoms with Gasteiger partial charge in [0.25, 0.3) is 0 Å². The van der Waals surface area contributed by atoms with Crippen molar-refractivity contribution in [1.29, 1.82) is 0 Å². The SMILES string of the molecule is CCCNCc1cc(N(CCOC)C(C)CC)ncc1Cl. The van der Waals surface area contributed by atoms with E-state index in [-0.39, 0.29) is 0 Å². The third-order valence-electron chi connectivity index (χ3n) is 3.62. The van der Waals surface area contributed by atoms with Crippen molar-refractivity contribution in [3.8, 4) is 0 Å². The molecule has 0 aliphatic carbocycles. The van der Waals surface area contributed by atoms with Crippen LogP contribution in [0.2, 0.25) is 5.02 Å². The molecule has 0 bridgehead atoms. The lowest BCUT2D eigenvalue weighted by molar-refractivity contribution is 0.203. The summed E-state index contributed by atoms with van der Waals surface area (Å²) in [6.45, 7) is 9.85. The molecule has 0 saturated heterocycles. The summed E-state index contributed by atoms with van der Waals surface area (Å²) in [6, 6.07) is 2.51. The quantitative estimate of drug-likeness (QED) is 0.671. The minimum absolute atomic E-state index is 0.422. The van der Waals surface area contributed by atoms with E-state index in [9.17, 15) is 0 Å². The van der Waals surface area contributed by atoms with Crippen LogP contribution in [0.3, 0.4) is 0 Å². The van der Waals surface area contributed by atoms with Gasteiger partial charge in [0, 0.05) is 32.4 Å². The second-order valence-corrected chi connectivity index (χ2v) is 5.66. The van der Waals surface area contributed by atoms with Crippen molar-refractivity contribution < 1.29 is 4.74 Å². The molecule has 4 nitrogen and oxygen atoms in total. The number of halogens is 1. The van der Waals surface area contributed by atoms with Gasteiger partial charge in [0.05, 0.1) is 11.6 Å². The van der Waals surface area contributed by atoms with Gasteiger partial charge in [0.15, 0.2) is 0 Å². The van der Waals surface area contributed by atoms with Crippen molar-refractivity contribution in [1.82, 2.24) is 10.3 Å². The Hall–Kier alpha value is -0.840. The van der Waals surface area contributed by atoms with E-state index < -0.39 is 0 Å². The van der Waals surface area contributed by atoms with Gasteiger partial charge in [-0.1, -0.05) is 25.4 Å². The second kappa shape index (κ2) is 9.98. The van der Waals surface area contributed by atoms with Crippen LogP contribution in [0.5, 0.6) is 0 Å². The molecule has 1 aromatic rings. The summed E-state index contributed by atoms with van der Waals surface area (Å²) in [5.74, 6) is 0.971. The highest BCUT2D eigenvalue weighted by Crippen LogP contribution is 2.22. The summed E-state index contributed by atoms with van der Waals surface area (Å²) in [5.41, 5.74) is 1.10. The van der Waals surface area contributed by atoms with Crippen LogP contribution in [-0.4, -0.2) is 37.8 Å². The zero-order chi connectivity index (χ0) is 15.7. The van der Waals surface area contributed by atoms with Gasteiger partial charge in [0.2, 0.25) is 0 Å². The van der Waals surface area contributed by atoms with E-state index in [2.05, 4.69) is 42.0 Å². The highest BCUT2D eigenvalue weighted by atomic mass is 35.5. The van der Waals surface area contributed by atoms with Gasteiger partial charge >= 0.3 is 0 Å². The fourth-order valence-electron chi connectivity index (χ4n) is 2.13. The summed E-state index contributed by atoms with van der Waals surface area (Å²) < 4.78 is 5.21. The van der Waals surface area contributed by atoms with Crippen LogP contribution < -0.4 is 10.2 Å². The van der Waals surface area contributed by atoms with Crippen molar-refractivity contribution in [3.63, 3.8) is 0 Å². The molecule has 1 unspecified atom stereocenters. The Balaban J connectivity index is 2.89. The molecule has 1 heterocycles. The average Bonchev–Trinajstić information content (AvgIpc) is 2.50. The number of nitrogens with zero attached hydrogens (tertiary/aromatic N) is 2. The van der Waals surface area contributed by atoms with Gasteiger partial charge in [-0.05, 0) is 37.9 Å². The third-order valence-corrected chi connectivity index (χ3v) is 3.96. The first-order valence-electron chi connectivity index (χ1n) is 7.74. The average molecular weight is 314 g/mol. The summed E-state index contributed by atoms with van der Waals surface area (Å²) in [4.78, 5) is 6.78. The number of methoxy groups -OCH3 is 1. The fraction of sp³-hybridized carbons (Fsp3) is 0.688. The zero-order valence-corrected chi connectivity index (χ0v) is 14.4. The first-order valence-corrected chi connectivity index (χ1v) is 8.12. The number of pyridine rings is 1. The number of aromatic nitrogens is 1. The lowest BCUT2D eigenvalue weighted by Gasteiger charge is -2.30. The van der Waals surface area contributed by atoms with Crippen molar-refractivity contribution in [2.24, 2.45) is 0 Å². The summed E-state index contributed by atoms with van der Waals surface area (Å²) in [5, 5.41) is 4.11. The van der Waals surface area contributed by atoms with Crippen LogP contribution in [0.1, 0.15) is 39.2 Å². The lowest BCUT2D eigenvalue weighted by Crippen LogP contribution is -2.36. The number of hydrogen-bond acceptors (Lipinski definition) is 4. The van der Waals surface area contributed by atoms with E-state index in [1.54, 1.807) is 13.3 Å². The van der Waals surface area contributed by atoms with Crippen molar-refractivity contribution in [2.75, 3.05) is 31.7 Å². The molecule has 0 fully saturated rings. The van der Waals surface area contributed by atoms with Crippen molar-refractivity contribution in [2.45, 2.75) is 46.2 Å². The van der Waals surface area contributed by atoms with Crippen LogP contribution in [0, 0.1) is 0 Å². The predicted molar refractivity (Wildman–Crippen MR) is 90.2 cm³/mol. The number of rotatable bonds is 10. The monoisotopic (exact) mass is 313 g/mol. The second-order valence-electron chi connectivity index (χ2n) is 5.25. The number of hydrogen-bond donors (Lipinski definition) is 1. The summed E-state index contributed by atoms with van der Waals surface area (Å²) in [7, 11) is 1.73. The maximum atomic E-state index is 6.25. The Morgan fingerprint density at radius 2 is 2.19 bits per heavy atom. The Bertz CT molecular complexity index is 415. The van der Waals surface area contributed by atoms with E-state index in [1.807, 2.05) is 0 Å². The molecule has 1 N–H and O–H groups in total. The number of anilines is 1. The smallest absolute Gasteiger partial charge is 0.129 e. The molecule has 1 atom stereocenters. The van der Waals surface area contributed by atoms with Crippen molar-refractivity contribution in [3.05, 3.63) is 22.8 Å². The van der Waals surface area contributed by atoms with E-state index in [0.717, 1.165) is 48.9 Å². The minimum atomic E-state index is 0.422. The molecule has 21 heavy (non-hydrogen) atoms. The van der Waals surface area contributed by atoms with Gasteiger partial charge in [-0.3, -0.25) is 0 Å². The van der Waals surface area contributed by atoms with Crippen molar-refractivity contribution >= 4 is 17.4 Å². The van der Waals surface area contributed by atoms with Crippen LogP contribution >= 0.6 is 11.6 Å². The molecule has 0 spiro atoms. The van der Waals surface area contributed by atoms with Gasteiger partial charge in [-0.15, -0.1) is 0 Å². The zero-order valence-electron chi connectivity index (χ0n) is 13.7. The molecule has 1 rings (SSSR count). The molecule has 0 aliphatic heterocycles. The number of nitrogens with one attached hydrogen (secondary N) is 1. The highest BCUT2D eigenvalue weighted by molar-refractivity contribution is 6.31. The molecule has 1 aromatic heterocycles. The molecule has 0 amide bonds. The maximum Gasteiger partial charge on any atom is 0.129 e. The van der Waals surface area contributed by atoms with Gasteiger partial charge in [0.1, 0.15) is 5.82 Å². The minimum Gasteiger partial charge on any atom is -0.383 e. The molecular weight excluding hydrogens is 286 g/mol. The molecule has 0 saturated carbocycles. The Kier molecular flexibility index (Phi) is 8.66. The normalized spacial score (nSPS) is 12.4. The number of ether oxygens (including phenoxy) is 1. The Morgan fingerprint density at radius 1 is 1.43 bits per heavy atom. The van der Waals surface area contributed by atoms with E-state index in [4.69, 9.17) is 16.3 Å². The van der Waals surface area contributed by atoms with Crippen LogP contribution in [0.4, 0.5) is 5.82 Å². The molecular formula is C16H28ClN3O.